The largest absolute Gasteiger partial charge is 0.385 e. The number of H-pyrrole nitrogens is 1. The Balaban J connectivity index is 0.000000605. The summed E-state index contributed by atoms with van der Waals surface area (Å²) in [5, 5.41) is 1.17. The number of nitrogen functional groups attached to an aromatic ring is 1. The summed E-state index contributed by atoms with van der Waals surface area (Å²) in [6, 6.07) is 9.94. The normalized spacial score (nSPS) is 9.45. The lowest BCUT2D eigenvalue weighted by Crippen LogP contribution is -1.80. The molecule has 3 N–H and O–H groups in total. The summed E-state index contributed by atoms with van der Waals surface area (Å²) in [5.74, 6) is 0.723. The standard InChI is InChI=1S/C8H8N2.H3P/c9-8-5-6-3-1-2-4-7(6)10-8;/h1-5,10H,9H2;1H3. The average molecular weight is 166 g/mol. The lowest BCUT2D eigenvalue weighted by Gasteiger charge is -1.83. The van der Waals surface area contributed by atoms with E-state index >= 15 is 0 Å². The summed E-state index contributed by atoms with van der Waals surface area (Å²) in [5.41, 5.74) is 6.63. The Morgan fingerprint density at radius 3 is 2.64 bits per heavy atom. The molecule has 1 aromatic heterocycles. The van der Waals surface area contributed by atoms with Crippen molar-refractivity contribution in [2.75, 3.05) is 5.73 Å². The van der Waals surface area contributed by atoms with Crippen LogP contribution in [0.3, 0.4) is 0 Å². The molecule has 11 heavy (non-hydrogen) atoms. The summed E-state index contributed by atoms with van der Waals surface area (Å²) < 4.78 is 0. The number of hydrogen-bond acceptors (Lipinski definition) is 1. The molecular formula is C8H11N2P. The first-order chi connectivity index (χ1) is 4.86. The Kier molecular flexibility index (Phi) is 2.16. The van der Waals surface area contributed by atoms with Crippen LogP contribution in [0.5, 0.6) is 0 Å². The molecule has 0 fully saturated rings. The second kappa shape index (κ2) is 2.93. The highest BCUT2D eigenvalue weighted by Crippen LogP contribution is 2.14. The first kappa shape index (κ1) is 8.09. The van der Waals surface area contributed by atoms with E-state index in [4.69, 9.17) is 5.73 Å². The molecule has 3 heteroatoms. The van der Waals surface area contributed by atoms with Crippen molar-refractivity contribution in [3.8, 4) is 0 Å². The van der Waals surface area contributed by atoms with Gasteiger partial charge in [0.05, 0.1) is 0 Å². The van der Waals surface area contributed by atoms with Crippen molar-refractivity contribution >= 4 is 26.6 Å². The van der Waals surface area contributed by atoms with E-state index in [1.165, 1.54) is 5.39 Å². The van der Waals surface area contributed by atoms with Gasteiger partial charge in [-0.05, 0) is 12.1 Å². The number of rotatable bonds is 0. The quantitative estimate of drug-likeness (QED) is 0.576. The number of para-hydroxylation sites is 1. The third-order valence-corrected chi connectivity index (χ3v) is 1.55. The predicted molar refractivity (Wildman–Crippen MR) is 53.8 cm³/mol. The molecule has 0 aliphatic heterocycles. The number of aromatic amines is 1. The van der Waals surface area contributed by atoms with Crippen molar-refractivity contribution in [3.63, 3.8) is 0 Å². The Labute approximate surface area is 68.4 Å². The first-order valence-corrected chi connectivity index (χ1v) is 3.19. The Morgan fingerprint density at radius 1 is 1.18 bits per heavy atom. The molecule has 2 aromatic rings. The van der Waals surface area contributed by atoms with Crippen LogP contribution in [0.4, 0.5) is 5.82 Å². The van der Waals surface area contributed by atoms with Gasteiger partial charge >= 0.3 is 0 Å². The SMILES string of the molecule is Nc1cc2ccccc2[nH]1.P. The summed E-state index contributed by atoms with van der Waals surface area (Å²) >= 11 is 0. The van der Waals surface area contributed by atoms with Crippen LogP contribution in [-0.4, -0.2) is 4.98 Å². The van der Waals surface area contributed by atoms with Crippen LogP contribution >= 0.6 is 9.90 Å². The molecule has 0 saturated carbocycles. The van der Waals surface area contributed by atoms with Crippen LogP contribution in [0.25, 0.3) is 10.9 Å². The molecule has 1 heterocycles. The summed E-state index contributed by atoms with van der Waals surface area (Å²) in [4.78, 5) is 3.04. The highest BCUT2D eigenvalue weighted by Gasteiger charge is 1.92. The smallest absolute Gasteiger partial charge is 0.101 e. The van der Waals surface area contributed by atoms with Crippen molar-refractivity contribution < 1.29 is 0 Å². The van der Waals surface area contributed by atoms with Crippen molar-refractivity contribution in [3.05, 3.63) is 30.3 Å². The number of fused-ring (bicyclic) bond motifs is 1. The molecule has 0 bridgehead atoms. The van der Waals surface area contributed by atoms with Crippen LogP contribution in [0.2, 0.25) is 0 Å². The van der Waals surface area contributed by atoms with Crippen molar-refractivity contribution in [1.82, 2.24) is 4.98 Å². The second-order valence-corrected chi connectivity index (χ2v) is 2.31. The maximum absolute atomic E-state index is 5.54. The Hall–Kier alpha value is -1.01. The molecule has 1 aromatic carbocycles. The zero-order valence-corrected chi connectivity index (χ0v) is 7.59. The van der Waals surface area contributed by atoms with Crippen LogP contribution in [0.1, 0.15) is 0 Å². The molecule has 2 rings (SSSR count). The predicted octanol–water partition coefficient (Wildman–Crippen LogP) is 1.81. The number of benzene rings is 1. The van der Waals surface area contributed by atoms with E-state index in [-0.39, 0.29) is 9.90 Å². The van der Waals surface area contributed by atoms with Crippen LogP contribution in [0, 0.1) is 0 Å². The number of anilines is 1. The van der Waals surface area contributed by atoms with Gasteiger partial charge in [0.25, 0.3) is 0 Å². The minimum absolute atomic E-state index is 0. The second-order valence-electron chi connectivity index (χ2n) is 2.31. The molecule has 2 nitrogen and oxygen atoms in total. The number of aromatic nitrogens is 1. The highest BCUT2D eigenvalue weighted by molar-refractivity contribution is 6.92. The zero-order valence-electron chi connectivity index (χ0n) is 6.17. The monoisotopic (exact) mass is 166 g/mol. The topological polar surface area (TPSA) is 41.8 Å². The lowest BCUT2D eigenvalue weighted by molar-refractivity contribution is 1.47. The van der Waals surface area contributed by atoms with E-state index in [0.29, 0.717) is 0 Å². The van der Waals surface area contributed by atoms with Gasteiger partial charge in [0, 0.05) is 10.9 Å². The third-order valence-electron chi connectivity index (χ3n) is 1.55. The van der Waals surface area contributed by atoms with Gasteiger partial charge in [-0.3, -0.25) is 0 Å². The van der Waals surface area contributed by atoms with Gasteiger partial charge < -0.3 is 10.7 Å². The zero-order chi connectivity index (χ0) is 6.97. The van der Waals surface area contributed by atoms with Gasteiger partial charge in [-0.2, -0.15) is 9.90 Å². The molecular weight excluding hydrogens is 155 g/mol. The summed E-state index contributed by atoms with van der Waals surface area (Å²) in [7, 11) is 0. The molecule has 0 aliphatic carbocycles. The molecule has 0 spiro atoms. The number of nitrogens with one attached hydrogen (secondary N) is 1. The summed E-state index contributed by atoms with van der Waals surface area (Å²) in [6.45, 7) is 0. The van der Waals surface area contributed by atoms with Crippen LogP contribution < -0.4 is 5.73 Å². The van der Waals surface area contributed by atoms with Gasteiger partial charge in [-0.1, -0.05) is 18.2 Å². The van der Waals surface area contributed by atoms with Crippen LogP contribution in [-0.2, 0) is 0 Å². The molecule has 58 valence electrons. The fourth-order valence-electron chi connectivity index (χ4n) is 1.10. The lowest BCUT2D eigenvalue weighted by atomic mass is 10.3. The van der Waals surface area contributed by atoms with Gasteiger partial charge in [0.2, 0.25) is 0 Å². The first-order valence-electron chi connectivity index (χ1n) is 3.19. The molecule has 1 unspecified atom stereocenters. The summed E-state index contributed by atoms with van der Waals surface area (Å²) in [6.07, 6.45) is 0. The fourth-order valence-corrected chi connectivity index (χ4v) is 1.10. The molecule has 0 radical (unpaired) electrons. The van der Waals surface area contributed by atoms with Gasteiger partial charge in [0.15, 0.2) is 0 Å². The van der Waals surface area contributed by atoms with E-state index in [2.05, 4.69) is 4.98 Å². The van der Waals surface area contributed by atoms with E-state index in [9.17, 15) is 0 Å². The van der Waals surface area contributed by atoms with E-state index in [1.54, 1.807) is 0 Å². The Bertz CT molecular complexity index is 321. The van der Waals surface area contributed by atoms with Crippen LogP contribution in [0.15, 0.2) is 30.3 Å². The number of hydrogen-bond donors (Lipinski definition) is 2. The van der Waals surface area contributed by atoms with E-state index in [0.717, 1.165) is 11.3 Å². The van der Waals surface area contributed by atoms with Crippen molar-refractivity contribution in [1.29, 1.82) is 0 Å². The maximum Gasteiger partial charge on any atom is 0.101 e. The van der Waals surface area contributed by atoms with Crippen molar-refractivity contribution in [2.45, 2.75) is 0 Å². The molecule has 0 amide bonds. The minimum atomic E-state index is 0. The maximum atomic E-state index is 5.54. The van der Waals surface area contributed by atoms with E-state index in [1.807, 2.05) is 30.3 Å². The fraction of sp³-hybridized carbons (Fsp3) is 0. The molecule has 0 saturated heterocycles. The Morgan fingerprint density at radius 2 is 1.91 bits per heavy atom. The van der Waals surface area contributed by atoms with Crippen molar-refractivity contribution in [2.24, 2.45) is 0 Å². The third kappa shape index (κ3) is 1.36. The highest BCUT2D eigenvalue weighted by atomic mass is 31.0. The van der Waals surface area contributed by atoms with Gasteiger partial charge in [-0.25, -0.2) is 0 Å². The minimum Gasteiger partial charge on any atom is -0.385 e. The molecule has 1 atom stereocenters. The number of nitrogens with two attached hydrogens (primary N) is 1. The average Bonchev–Trinajstić information content (AvgIpc) is 2.27. The van der Waals surface area contributed by atoms with Gasteiger partial charge in [0.1, 0.15) is 5.82 Å². The van der Waals surface area contributed by atoms with E-state index < -0.39 is 0 Å². The molecule has 0 aliphatic rings. The van der Waals surface area contributed by atoms with Gasteiger partial charge in [-0.15, -0.1) is 0 Å².